The number of carbonyl (C=O) groups is 1. The Balaban J connectivity index is 2.12. The molecule has 1 aliphatic rings. The molecule has 1 aromatic heterocycles. The average Bonchev–Trinajstić information content (AvgIpc) is 2.28. The van der Waals surface area contributed by atoms with Crippen LogP contribution in [0.5, 0.6) is 0 Å². The van der Waals surface area contributed by atoms with E-state index in [1.54, 1.807) is 6.20 Å². The van der Waals surface area contributed by atoms with Crippen LogP contribution in [0.2, 0.25) is 0 Å². The number of nitrogens with zero attached hydrogens (tertiary/aromatic N) is 1. The molecule has 0 aromatic carbocycles. The molecule has 0 spiro atoms. The van der Waals surface area contributed by atoms with Gasteiger partial charge in [-0.1, -0.05) is 33.3 Å². The average molecular weight is 246 g/mol. The van der Waals surface area contributed by atoms with Gasteiger partial charge in [0.2, 0.25) is 5.91 Å². The van der Waals surface area contributed by atoms with Gasteiger partial charge in [0.1, 0.15) is 5.82 Å². The number of rotatable bonds is 2. The summed E-state index contributed by atoms with van der Waals surface area (Å²) in [5.74, 6) is 1.28. The molecule has 3 nitrogen and oxygen atoms in total. The molecule has 0 saturated heterocycles. The van der Waals surface area contributed by atoms with E-state index in [0.29, 0.717) is 11.7 Å². The van der Waals surface area contributed by atoms with E-state index in [1.165, 1.54) is 6.42 Å². The molecule has 1 fully saturated rings. The van der Waals surface area contributed by atoms with Crippen molar-refractivity contribution in [3.8, 4) is 0 Å². The number of anilines is 1. The van der Waals surface area contributed by atoms with Crippen molar-refractivity contribution < 1.29 is 4.79 Å². The maximum atomic E-state index is 12.4. The lowest BCUT2D eigenvalue weighted by Crippen LogP contribution is -2.42. The molecule has 0 bridgehead atoms. The van der Waals surface area contributed by atoms with E-state index < -0.39 is 0 Å². The Kier molecular flexibility index (Phi) is 3.69. The van der Waals surface area contributed by atoms with Gasteiger partial charge < -0.3 is 5.32 Å². The molecule has 3 heteroatoms. The van der Waals surface area contributed by atoms with Gasteiger partial charge in [-0.3, -0.25) is 4.79 Å². The molecule has 1 aliphatic carbocycles. The van der Waals surface area contributed by atoms with E-state index in [1.807, 2.05) is 18.2 Å². The van der Waals surface area contributed by atoms with Crippen molar-refractivity contribution >= 4 is 11.7 Å². The van der Waals surface area contributed by atoms with E-state index in [2.05, 4.69) is 31.1 Å². The molecule has 2 atom stereocenters. The van der Waals surface area contributed by atoms with Crippen LogP contribution in [0.1, 0.15) is 40.0 Å². The third kappa shape index (κ3) is 2.71. The Hall–Kier alpha value is -1.38. The fraction of sp³-hybridized carbons (Fsp3) is 0.600. The van der Waals surface area contributed by atoms with Crippen LogP contribution in [0.3, 0.4) is 0 Å². The van der Waals surface area contributed by atoms with Crippen molar-refractivity contribution in [3.05, 3.63) is 24.4 Å². The van der Waals surface area contributed by atoms with Gasteiger partial charge in [-0.2, -0.15) is 0 Å². The first-order chi connectivity index (χ1) is 8.50. The van der Waals surface area contributed by atoms with Crippen LogP contribution in [0.15, 0.2) is 24.4 Å². The van der Waals surface area contributed by atoms with Gasteiger partial charge in [-0.25, -0.2) is 4.98 Å². The number of hydrogen-bond acceptors (Lipinski definition) is 2. The van der Waals surface area contributed by atoms with Gasteiger partial charge in [-0.15, -0.1) is 0 Å². The van der Waals surface area contributed by atoms with Crippen LogP contribution < -0.4 is 5.32 Å². The van der Waals surface area contributed by atoms with Crippen LogP contribution in [0.4, 0.5) is 5.82 Å². The largest absolute Gasteiger partial charge is 0.310 e. The highest BCUT2D eigenvalue weighted by molar-refractivity contribution is 5.92. The van der Waals surface area contributed by atoms with Crippen LogP contribution in [-0.2, 0) is 4.79 Å². The number of nitrogens with one attached hydrogen (secondary N) is 1. The van der Waals surface area contributed by atoms with E-state index in [0.717, 1.165) is 12.8 Å². The summed E-state index contributed by atoms with van der Waals surface area (Å²) in [4.78, 5) is 16.6. The van der Waals surface area contributed by atoms with Crippen molar-refractivity contribution in [2.45, 2.75) is 40.0 Å². The molecule has 1 heterocycles. The summed E-state index contributed by atoms with van der Waals surface area (Å²) >= 11 is 0. The molecule has 2 unspecified atom stereocenters. The SMILES string of the molecule is CC1CCCC(C)(C)C1C(=O)Nc1ccccn1. The minimum atomic E-state index is 0.0771. The number of carbonyl (C=O) groups excluding carboxylic acids is 1. The second-order valence-corrected chi connectivity index (χ2v) is 6.04. The molecular weight excluding hydrogens is 224 g/mol. The highest BCUT2D eigenvalue weighted by Crippen LogP contribution is 2.44. The second kappa shape index (κ2) is 5.09. The Morgan fingerprint density at radius 1 is 1.44 bits per heavy atom. The quantitative estimate of drug-likeness (QED) is 0.868. The Morgan fingerprint density at radius 3 is 2.83 bits per heavy atom. The lowest BCUT2D eigenvalue weighted by atomic mass is 9.64. The second-order valence-electron chi connectivity index (χ2n) is 6.04. The molecule has 18 heavy (non-hydrogen) atoms. The van der Waals surface area contributed by atoms with E-state index >= 15 is 0 Å². The highest BCUT2D eigenvalue weighted by atomic mass is 16.2. The first-order valence-electron chi connectivity index (χ1n) is 6.72. The van der Waals surface area contributed by atoms with E-state index in [4.69, 9.17) is 0 Å². The maximum absolute atomic E-state index is 12.4. The minimum Gasteiger partial charge on any atom is -0.310 e. The summed E-state index contributed by atoms with van der Waals surface area (Å²) in [6.45, 7) is 6.58. The van der Waals surface area contributed by atoms with Gasteiger partial charge >= 0.3 is 0 Å². The third-order valence-electron chi connectivity index (χ3n) is 4.09. The van der Waals surface area contributed by atoms with Gasteiger partial charge in [0.05, 0.1) is 0 Å². The van der Waals surface area contributed by atoms with Gasteiger partial charge in [0.25, 0.3) is 0 Å². The number of amides is 1. The number of pyridine rings is 1. The molecule has 0 radical (unpaired) electrons. The first-order valence-corrected chi connectivity index (χ1v) is 6.72. The maximum Gasteiger partial charge on any atom is 0.229 e. The van der Waals surface area contributed by atoms with E-state index in [-0.39, 0.29) is 17.2 Å². The Morgan fingerprint density at radius 2 is 2.22 bits per heavy atom. The van der Waals surface area contributed by atoms with Crippen LogP contribution >= 0.6 is 0 Å². The molecule has 1 N–H and O–H groups in total. The molecule has 1 saturated carbocycles. The summed E-state index contributed by atoms with van der Waals surface area (Å²) in [6.07, 6.45) is 5.19. The summed E-state index contributed by atoms with van der Waals surface area (Å²) in [7, 11) is 0. The molecule has 98 valence electrons. The molecule has 1 aromatic rings. The lowest BCUT2D eigenvalue weighted by Gasteiger charge is -2.41. The zero-order chi connectivity index (χ0) is 13.2. The van der Waals surface area contributed by atoms with Crippen LogP contribution in [0, 0.1) is 17.3 Å². The monoisotopic (exact) mass is 246 g/mol. The normalized spacial score (nSPS) is 26.6. The smallest absolute Gasteiger partial charge is 0.229 e. The van der Waals surface area contributed by atoms with Crippen molar-refractivity contribution in [1.82, 2.24) is 4.98 Å². The van der Waals surface area contributed by atoms with Crippen molar-refractivity contribution in [2.75, 3.05) is 5.32 Å². The fourth-order valence-corrected chi connectivity index (χ4v) is 3.23. The first kappa shape index (κ1) is 13.1. The van der Waals surface area contributed by atoms with Crippen LogP contribution in [0.25, 0.3) is 0 Å². The van der Waals surface area contributed by atoms with Crippen molar-refractivity contribution in [3.63, 3.8) is 0 Å². The van der Waals surface area contributed by atoms with Gasteiger partial charge in [-0.05, 0) is 36.3 Å². The molecular formula is C15H22N2O. The third-order valence-corrected chi connectivity index (χ3v) is 4.09. The van der Waals surface area contributed by atoms with Crippen molar-refractivity contribution in [1.29, 1.82) is 0 Å². The number of aromatic nitrogens is 1. The number of hydrogen-bond donors (Lipinski definition) is 1. The minimum absolute atomic E-state index is 0.0771. The molecule has 2 rings (SSSR count). The van der Waals surface area contributed by atoms with Gasteiger partial charge in [0.15, 0.2) is 0 Å². The highest BCUT2D eigenvalue weighted by Gasteiger charge is 2.41. The van der Waals surface area contributed by atoms with E-state index in [9.17, 15) is 4.79 Å². The summed E-state index contributed by atoms with van der Waals surface area (Å²) in [5.41, 5.74) is 0.0799. The van der Waals surface area contributed by atoms with Crippen LogP contribution in [-0.4, -0.2) is 10.9 Å². The van der Waals surface area contributed by atoms with Gasteiger partial charge in [0, 0.05) is 12.1 Å². The fourth-order valence-electron chi connectivity index (χ4n) is 3.23. The molecule has 1 amide bonds. The Bertz CT molecular complexity index is 414. The predicted octanol–water partition coefficient (Wildman–Crippen LogP) is 3.48. The summed E-state index contributed by atoms with van der Waals surface area (Å²) in [6, 6.07) is 5.57. The zero-order valence-electron chi connectivity index (χ0n) is 11.4. The predicted molar refractivity (Wildman–Crippen MR) is 73.2 cm³/mol. The summed E-state index contributed by atoms with van der Waals surface area (Å²) in [5, 5.41) is 2.95. The standard InChI is InChI=1S/C15H22N2O/c1-11-7-6-9-15(2,3)13(11)14(18)17-12-8-4-5-10-16-12/h4-5,8,10-11,13H,6-7,9H2,1-3H3,(H,16,17,18). The zero-order valence-corrected chi connectivity index (χ0v) is 11.4. The molecule has 0 aliphatic heterocycles. The lowest BCUT2D eigenvalue weighted by molar-refractivity contribution is -0.127. The van der Waals surface area contributed by atoms with Crippen molar-refractivity contribution in [2.24, 2.45) is 17.3 Å². The topological polar surface area (TPSA) is 42.0 Å². The Labute approximate surface area is 109 Å². The summed E-state index contributed by atoms with van der Waals surface area (Å²) < 4.78 is 0.